The van der Waals surface area contributed by atoms with Crippen LogP contribution in [0.15, 0.2) is 54.7 Å². The molecule has 0 saturated carbocycles. The highest BCUT2D eigenvalue weighted by Gasteiger charge is 2.28. The van der Waals surface area contributed by atoms with Crippen LogP contribution >= 0.6 is 11.3 Å². The number of para-hydroxylation sites is 1. The minimum absolute atomic E-state index is 0.0365. The smallest absolute Gasteiger partial charge is 0.256 e. The van der Waals surface area contributed by atoms with Gasteiger partial charge in [0.05, 0.1) is 35.6 Å². The summed E-state index contributed by atoms with van der Waals surface area (Å²) in [5.74, 6) is 0.673. The van der Waals surface area contributed by atoms with Gasteiger partial charge in [-0.05, 0) is 38.1 Å². The first kappa shape index (κ1) is 20.5. The predicted octanol–water partition coefficient (Wildman–Crippen LogP) is 4.66. The van der Waals surface area contributed by atoms with Crippen LogP contribution in [0.25, 0.3) is 10.9 Å². The Labute approximate surface area is 190 Å². The molecule has 0 radical (unpaired) electrons. The number of benzene rings is 1. The molecular formula is C24H23N5O2S. The lowest BCUT2D eigenvalue weighted by Crippen LogP contribution is -2.42. The monoisotopic (exact) mass is 445 g/mol. The molecule has 4 heterocycles. The number of aromatic nitrogens is 3. The van der Waals surface area contributed by atoms with E-state index in [1.165, 1.54) is 4.88 Å². The number of hydrogen-bond acceptors (Lipinski definition) is 7. The molecule has 32 heavy (non-hydrogen) atoms. The summed E-state index contributed by atoms with van der Waals surface area (Å²) in [5.41, 5.74) is 3.14. The summed E-state index contributed by atoms with van der Waals surface area (Å²) in [6, 6.07) is 15.3. The first-order valence-corrected chi connectivity index (χ1v) is 11.3. The minimum Gasteiger partial charge on any atom is -0.368 e. The summed E-state index contributed by atoms with van der Waals surface area (Å²) >= 11 is 1.60. The molecule has 5 rings (SSSR count). The van der Waals surface area contributed by atoms with Crippen LogP contribution in [0.5, 0.6) is 0 Å². The second kappa shape index (κ2) is 8.64. The van der Waals surface area contributed by atoms with E-state index < -0.39 is 0 Å². The third kappa shape index (κ3) is 4.06. The lowest BCUT2D eigenvalue weighted by molar-refractivity contribution is -0.0246. The van der Waals surface area contributed by atoms with Crippen LogP contribution in [0.2, 0.25) is 0 Å². The molecule has 4 aromatic rings. The molecule has 162 valence electrons. The van der Waals surface area contributed by atoms with Crippen molar-refractivity contribution in [2.45, 2.75) is 20.0 Å². The highest BCUT2D eigenvalue weighted by atomic mass is 32.1. The van der Waals surface area contributed by atoms with Crippen molar-refractivity contribution in [1.29, 1.82) is 0 Å². The maximum Gasteiger partial charge on any atom is 0.256 e. The van der Waals surface area contributed by atoms with Gasteiger partial charge >= 0.3 is 0 Å². The molecule has 0 bridgehead atoms. The van der Waals surface area contributed by atoms with Crippen molar-refractivity contribution in [1.82, 2.24) is 19.9 Å². The van der Waals surface area contributed by atoms with Gasteiger partial charge in [-0.2, -0.15) is 0 Å². The van der Waals surface area contributed by atoms with Crippen LogP contribution in [0, 0.1) is 13.8 Å². The molecule has 0 aliphatic carbocycles. The maximum atomic E-state index is 13.3. The third-order valence-electron chi connectivity index (χ3n) is 5.58. The Balaban J connectivity index is 1.35. The zero-order valence-electron chi connectivity index (χ0n) is 17.9. The topological polar surface area (TPSA) is 80.2 Å². The molecule has 7 nitrogen and oxygen atoms in total. The highest BCUT2D eigenvalue weighted by Crippen LogP contribution is 2.27. The minimum atomic E-state index is -0.294. The van der Waals surface area contributed by atoms with Gasteiger partial charge in [-0.25, -0.2) is 9.97 Å². The van der Waals surface area contributed by atoms with Gasteiger partial charge in [-0.15, -0.1) is 11.3 Å². The van der Waals surface area contributed by atoms with Crippen molar-refractivity contribution in [2.24, 2.45) is 0 Å². The summed E-state index contributed by atoms with van der Waals surface area (Å²) in [5, 5.41) is 5.05. The van der Waals surface area contributed by atoms with Crippen molar-refractivity contribution < 1.29 is 9.53 Å². The average Bonchev–Trinajstić information content (AvgIpc) is 3.14. The number of nitrogens with zero attached hydrogens (tertiary/aromatic N) is 4. The molecule has 1 aromatic carbocycles. The van der Waals surface area contributed by atoms with Crippen molar-refractivity contribution in [3.8, 4) is 0 Å². The molecular weight excluding hydrogens is 422 g/mol. The maximum absolute atomic E-state index is 13.3. The Morgan fingerprint density at radius 1 is 1.12 bits per heavy atom. The number of aryl methyl sites for hydroxylation is 2. The third-order valence-corrected chi connectivity index (χ3v) is 6.57. The van der Waals surface area contributed by atoms with Gasteiger partial charge in [-0.1, -0.05) is 24.3 Å². The lowest BCUT2D eigenvalue weighted by Gasteiger charge is -2.33. The van der Waals surface area contributed by atoms with E-state index >= 15 is 0 Å². The number of amides is 1. The quantitative estimate of drug-likeness (QED) is 0.492. The van der Waals surface area contributed by atoms with Crippen LogP contribution < -0.4 is 5.32 Å². The summed E-state index contributed by atoms with van der Waals surface area (Å²) in [7, 11) is 0. The number of morpholine rings is 1. The SMILES string of the molecule is Cc1nc(Nc2cccc([C@H]3CN(C(=O)c4cccc5cccnc45)CCO3)n2)sc1C. The van der Waals surface area contributed by atoms with Crippen LogP contribution in [-0.2, 0) is 4.74 Å². The number of carbonyl (C=O) groups is 1. The van der Waals surface area contributed by atoms with Crippen molar-refractivity contribution in [3.05, 3.63) is 76.6 Å². The number of nitrogens with one attached hydrogen (secondary N) is 1. The van der Waals surface area contributed by atoms with Crippen LogP contribution in [0.1, 0.15) is 32.7 Å². The number of hydrogen-bond donors (Lipinski definition) is 1. The van der Waals surface area contributed by atoms with Crippen molar-refractivity contribution in [3.63, 3.8) is 0 Å². The molecule has 1 saturated heterocycles. The van der Waals surface area contributed by atoms with Crippen molar-refractivity contribution in [2.75, 3.05) is 25.0 Å². The largest absolute Gasteiger partial charge is 0.368 e. The van der Waals surface area contributed by atoms with Gasteiger partial charge in [0.25, 0.3) is 5.91 Å². The molecule has 1 fully saturated rings. The fraction of sp³-hybridized carbons (Fsp3) is 0.250. The number of rotatable bonds is 4. The number of thiazole rings is 1. The zero-order chi connectivity index (χ0) is 22.1. The molecule has 3 aromatic heterocycles. The summed E-state index contributed by atoms with van der Waals surface area (Å²) in [4.78, 5) is 30.0. The van der Waals surface area contributed by atoms with Gasteiger partial charge in [-0.3, -0.25) is 9.78 Å². The number of anilines is 2. The summed E-state index contributed by atoms with van der Waals surface area (Å²) in [6.45, 7) is 5.48. The predicted molar refractivity (Wildman–Crippen MR) is 125 cm³/mol. The fourth-order valence-corrected chi connectivity index (χ4v) is 4.62. The van der Waals surface area contributed by atoms with Crippen LogP contribution in [0.3, 0.4) is 0 Å². The van der Waals surface area contributed by atoms with Gasteiger partial charge in [0.2, 0.25) is 0 Å². The number of pyridine rings is 2. The molecule has 1 aliphatic rings. The summed E-state index contributed by atoms with van der Waals surface area (Å²) in [6.07, 6.45) is 1.42. The fourth-order valence-electron chi connectivity index (χ4n) is 3.80. The standard InChI is InChI=1S/C24H23N5O2S/c1-15-16(2)32-24(26-15)28-21-10-4-9-19(27-21)20-14-29(12-13-31-20)23(30)18-8-3-6-17-7-5-11-25-22(17)18/h3-11,20H,12-14H2,1-2H3,(H,26,27,28)/t20-/m1/s1. The molecule has 0 unspecified atom stereocenters. The van der Waals surface area contributed by atoms with E-state index in [-0.39, 0.29) is 12.0 Å². The Morgan fingerprint density at radius 3 is 2.81 bits per heavy atom. The van der Waals surface area contributed by atoms with E-state index in [9.17, 15) is 4.79 Å². The Bertz CT molecular complexity index is 1260. The molecule has 8 heteroatoms. The van der Waals surface area contributed by atoms with E-state index in [2.05, 4.69) is 22.2 Å². The Hall–Kier alpha value is -3.36. The highest BCUT2D eigenvalue weighted by molar-refractivity contribution is 7.15. The van der Waals surface area contributed by atoms with Gasteiger partial charge in [0.15, 0.2) is 5.13 Å². The molecule has 0 spiro atoms. The molecule has 1 N–H and O–H groups in total. The van der Waals surface area contributed by atoms with Crippen molar-refractivity contribution >= 4 is 39.1 Å². The molecule has 1 amide bonds. The number of ether oxygens (including phenoxy) is 1. The number of carbonyl (C=O) groups excluding carboxylic acids is 1. The lowest BCUT2D eigenvalue weighted by atomic mass is 10.1. The molecule has 1 atom stereocenters. The average molecular weight is 446 g/mol. The van der Waals surface area contributed by atoms with Crippen LogP contribution in [-0.4, -0.2) is 45.5 Å². The van der Waals surface area contributed by atoms with Gasteiger partial charge in [0, 0.05) is 23.0 Å². The van der Waals surface area contributed by atoms with E-state index in [0.717, 1.165) is 27.4 Å². The second-order valence-corrected chi connectivity index (χ2v) is 8.93. The Kier molecular flexibility index (Phi) is 5.55. The van der Waals surface area contributed by atoms with Gasteiger partial charge < -0.3 is 15.0 Å². The van der Waals surface area contributed by atoms with E-state index in [1.807, 2.05) is 60.4 Å². The Morgan fingerprint density at radius 2 is 1.97 bits per heavy atom. The van der Waals surface area contributed by atoms with Gasteiger partial charge in [0.1, 0.15) is 11.9 Å². The van der Waals surface area contributed by atoms with E-state index in [0.29, 0.717) is 31.1 Å². The van der Waals surface area contributed by atoms with Crippen LogP contribution in [0.4, 0.5) is 10.9 Å². The number of fused-ring (bicyclic) bond motifs is 1. The first-order valence-electron chi connectivity index (χ1n) is 10.5. The van der Waals surface area contributed by atoms with E-state index in [4.69, 9.17) is 9.72 Å². The van der Waals surface area contributed by atoms with E-state index in [1.54, 1.807) is 17.5 Å². The second-order valence-electron chi connectivity index (χ2n) is 7.72. The first-order chi connectivity index (χ1) is 15.6. The molecule has 1 aliphatic heterocycles. The zero-order valence-corrected chi connectivity index (χ0v) is 18.7. The summed E-state index contributed by atoms with van der Waals surface area (Å²) < 4.78 is 5.98. The normalized spacial score (nSPS) is 16.3.